The monoisotopic (exact) mass is 306 g/mol. The van der Waals surface area contributed by atoms with E-state index in [0.29, 0.717) is 31.2 Å². The molecule has 0 saturated carbocycles. The van der Waals surface area contributed by atoms with Gasteiger partial charge in [0.05, 0.1) is 13.2 Å². The molecular formula is C15H22N4O3. The SMILES string of the molecule is Cc1cc(=O)[nH]c([C@H]2CN(CC(=O)N3CCCC3)CCO2)n1. The highest BCUT2D eigenvalue weighted by Gasteiger charge is 2.27. The topological polar surface area (TPSA) is 78.5 Å². The molecule has 1 atom stereocenters. The van der Waals surface area contributed by atoms with Crippen molar-refractivity contribution in [3.63, 3.8) is 0 Å². The Kier molecular flexibility index (Phi) is 4.54. The number of rotatable bonds is 3. The number of hydrogen-bond acceptors (Lipinski definition) is 5. The third kappa shape index (κ3) is 3.53. The van der Waals surface area contributed by atoms with E-state index in [1.807, 2.05) is 4.90 Å². The van der Waals surface area contributed by atoms with Crippen molar-refractivity contribution in [1.29, 1.82) is 0 Å². The lowest BCUT2D eigenvalue weighted by molar-refractivity contribution is -0.133. The fourth-order valence-corrected chi connectivity index (χ4v) is 3.02. The standard InChI is InChI=1S/C15H22N4O3/c1-11-8-13(20)17-15(16-11)12-9-18(6-7-22-12)10-14(21)19-4-2-3-5-19/h8,12H,2-7,9-10H2,1H3,(H,16,17,20)/t12-/m1/s1. The van der Waals surface area contributed by atoms with Crippen LogP contribution in [0.1, 0.15) is 30.5 Å². The highest BCUT2D eigenvalue weighted by molar-refractivity contribution is 5.78. The molecule has 1 aromatic heterocycles. The largest absolute Gasteiger partial charge is 0.368 e. The van der Waals surface area contributed by atoms with Crippen molar-refractivity contribution in [2.75, 3.05) is 39.3 Å². The third-order valence-corrected chi connectivity index (χ3v) is 4.16. The second-order valence-corrected chi connectivity index (χ2v) is 5.95. The van der Waals surface area contributed by atoms with Crippen molar-refractivity contribution in [3.05, 3.63) is 27.9 Å². The maximum Gasteiger partial charge on any atom is 0.251 e. The number of ether oxygens (including phenoxy) is 1. The smallest absolute Gasteiger partial charge is 0.251 e. The summed E-state index contributed by atoms with van der Waals surface area (Å²) in [6.07, 6.45) is 1.92. The number of aryl methyl sites for hydroxylation is 1. The van der Waals surface area contributed by atoms with Crippen LogP contribution >= 0.6 is 0 Å². The number of morpholine rings is 1. The van der Waals surface area contributed by atoms with E-state index in [1.165, 1.54) is 6.07 Å². The minimum Gasteiger partial charge on any atom is -0.368 e. The van der Waals surface area contributed by atoms with Gasteiger partial charge in [0, 0.05) is 37.9 Å². The van der Waals surface area contributed by atoms with Crippen molar-refractivity contribution in [2.45, 2.75) is 25.9 Å². The van der Waals surface area contributed by atoms with Crippen LogP contribution in [-0.2, 0) is 9.53 Å². The van der Waals surface area contributed by atoms with Crippen LogP contribution in [0.4, 0.5) is 0 Å². The van der Waals surface area contributed by atoms with Gasteiger partial charge >= 0.3 is 0 Å². The summed E-state index contributed by atoms with van der Waals surface area (Å²) >= 11 is 0. The number of carbonyl (C=O) groups is 1. The molecule has 1 amide bonds. The second-order valence-electron chi connectivity index (χ2n) is 5.95. The Labute approximate surface area is 129 Å². The van der Waals surface area contributed by atoms with Gasteiger partial charge in [0.15, 0.2) is 0 Å². The molecular weight excluding hydrogens is 284 g/mol. The third-order valence-electron chi connectivity index (χ3n) is 4.16. The highest BCUT2D eigenvalue weighted by atomic mass is 16.5. The summed E-state index contributed by atoms with van der Waals surface area (Å²) < 4.78 is 5.71. The molecule has 3 rings (SSSR count). The van der Waals surface area contributed by atoms with Gasteiger partial charge in [-0.25, -0.2) is 4.98 Å². The average molecular weight is 306 g/mol. The molecule has 2 aliphatic rings. The number of aromatic nitrogens is 2. The predicted octanol–water partition coefficient (Wildman–Crippen LogP) is 0.0740. The first-order valence-electron chi connectivity index (χ1n) is 7.81. The molecule has 2 aliphatic heterocycles. The normalized spacial score (nSPS) is 23.0. The van der Waals surface area contributed by atoms with Gasteiger partial charge < -0.3 is 14.6 Å². The molecule has 2 fully saturated rings. The summed E-state index contributed by atoms with van der Waals surface area (Å²) in [5.74, 6) is 0.729. The van der Waals surface area contributed by atoms with E-state index < -0.39 is 0 Å². The lowest BCUT2D eigenvalue weighted by atomic mass is 10.2. The Bertz CT molecular complexity index is 595. The fourth-order valence-electron chi connectivity index (χ4n) is 3.02. The fraction of sp³-hybridized carbons (Fsp3) is 0.667. The van der Waals surface area contributed by atoms with Crippen LogP contribution in [0.15, 0.2) is 10.9 Å². The van der Waals surface area contributed by atoms with Crippen LogP contribution < -0.4 is 5.56 Å². The van der Waals surface area contributed by atoms with Gasteiger partial charge in [0.25, 0.3) is 5.56 Å². The van der Waals surface area contributed by atoms with E-state index in [2.05, 4.69) is 14.9 Å². The number of likely N-dealkylation sites (tertiary alicyclic amines) is 1. The molecule has 22 heavy (non-hydrogen) atoms. The lowest BCUT2D eigenvalue weighted by Gasteiger charge is -2.32. The zero-order chi connectivity index (χ0) is 15.5. The zero-order valence-electron chi connectivity index (χ0n) is 12.9. The van der Waals surface area contributed by atoms with Gasteiger partial charge in [0.2, 0.25) is 5.91 Å². The average Bonchev–Trinajstić information content (AvgIpc) is 3.01. The van der Waals surface area contributed by atoms with Crippen LogP contribution in [0.25, 0.3) is 0 Å². The Morgan fingerprint density at radius 2 is 2.18 bits per heavy atom. The van der Waals surface area contributed by atoms with Gasteiger partial charge in [-0.15, -0.1) is 0 Å². The summed E-state index contributed by atoms with van der Waals surface area (Å²) in [7, 11) is 0. The maximum absolute atomic E-state index is 12.2. The minimum absolute atomic E-state index is 0.170. The molecule has 7 nitrogen and oxygen atoms in total. The van der Waals surface area contributed by atoms with Crippen LogP contribution in [-0.4, -0.2) is 65.0 Å². The summed E-state index contributed by atoms with van der Waals surface area (Å²) in [5.41, 5.74) is 0.504. The van der Waals surface area contributed by atoms with Crippen molar-refractivity contribution < 1.29 is 9.53 Å². The number of nitrogens with one attached hydrogen (secondary N) is 1. The molecule has 1 aromatic rings. The van der Waals surface area contributed by atoms with Gasteiger partial charge in [0.1, 0.15) is 11.9 Å². The van der Waals surface area contributed by atoms with E-state index in [0.717, 1.165) is 32.5 Å². The van der Waals surface area contributed by atoms with Gasteiger partial charge in [-0.05, 0) is 19.8 Å². The van der Waals surface area contributed by atoms with E-state index >= 15 is 0 Å². The first-order valence-corrected chi connectivity index (χ1v) is 7.81. The Balaban J connectivity index is 1.63. The summed E-state index contributed by atoms with van der Waals surface area (Å²) in [4.78, 5) is 34.9. The molecule has 1 N–H and O–H groups in total. The van der Waals surface area contributed by atoms with E-state index in [-0.39, 0.29) is 17.6 Å². The van der Waals surface area contributed by atoms with Crippen molar-refractivity contribution in [3.8, 4) is 0 Å². The van der Waals surface area contributed by atoms with Crippen LogP contribution in [0.3, 0.4) is 0 Å². The maximum atomic E-state index is 12.2. The van der Waals surface area contributed by atoms with E-state index in [9.17, 15) is 9.59 Å². The number of H-pyrrole nitrogens is 1. The van der Waals surface area contributed by atoms with Gasteiger partial charge in [-0.3, -0.25) is 14.5 Å². The molecule has 3 heterocycles. The first-order chi connectivity index (χ1) is 10.6. The molecule has 7 heteroatoms. The molecule has 0 aliphatic carbocycles. The number of amides is 1. The minimum atomic E-state index is -0.285. The zero-order valence-corrected chi connectivity index (χ0v) is 12.9. The Morgan fingerprint density at radius 1 is 1.41 bits per heavy atom. The van der Waals surface area contributed by atoms with Crippen molar-refractivity contribution in [2.24, 2.45) is 0 Å². The highest BCUT2D eigenvalue weighted by Crippen LogP contribution is 2.19. The van der Waals surface area contributed by atoms with Crippen LogP contribution in [0, 0.1) is 6.92 Å². The number of carbonyl (C=O) groups excluding carboxylic acids is 1. The molecule has 0 aromatic carbocycles. The van der Waals surface area contributed by atoms with Crippen molar-refractivity contribution in [1.82, 2.24) is 19.8 Å². The van der Waals surface area contributed by atoms with Gasteiger partial charge in [-0.1, -0.05) is 0 Å². The lowest BCUT2D eigenvalue weighted by Crippen LogP contribution is -2.45. The second kappa shape index (κ2) is 6.58. The molecule has 0 unspecified atom stereocenters. The Hall–Kier alpha value is -1.73. The first kappa shape index (κ1) is 15.2. The molecule has 0 bridgehead atoms. The molecule has 0 spiro atoms. The number of hydrogen-bond donors (Lipinski definition) is 1. The summed E-state index contributed by atoms with van der Waals surface area (Å²) in [6, 6.07) is 1.46. The molecule has 2 saturated heterocycles. The number of nitrogens with zero attached hydrogens (tertiary/aromatic N) is 3. The van der Waals surface area contributed by atoms with E-state index in [4.69, 9.17) is 4.74 Å². The Morgan fingerprint density at radius 3 is 2.91 bits per heavy atom. The number of aromatic amines is 1. The van der Waals surface area contributed by atoms with E-state index in [1.54, 1.807) is 6.92 Å². The quantitative estimate of drug-likeness (QED) is 0.855. The predicted molar refractivity (Wildman–Crippen MR) is 80.5 cm³/mol. The summed E-state index contributed by atoms with van der Waals surface area (Å²) in [6.45, 7) is 5.79. The van der Waals surface area contributed by atoms with Crippen LogP contribution in [0.2, 0.25) is 0 Å². The summed E-state index contributed by atoms with van der Waals surface area (Å²) in [5, 5.41) is 0. The van der Waals surface area contributed by atoms with Gasteiger partial charge in [-0.2, -0.15) is 0 Å². The molecule has 0 radical (unpaired) electrons. The van der Waals surface area contributed by atoms with Crippen molar-refractivity contribution >= 4 is 5.91 Å². The van der Waals surface area contributed by atoms with Crippen LogP contribution in [0.5, 0.6) is 0 Å². The molecule has 120 valence electrons.